The van der Waals surface area contributed by atoms with Crippen LogP contribution in [0.1, 0.15) is 25.3 Å². The summed E-state index contributed by atoms with van der Waals surface area (Å²) in [6, 6.07) is 17.7. The van der Waals surface area contributed by atoms with Crippen LogP contribution >= 0.6 is 0 Å². The molecular formula is C22H21N5O. The molecule has 0 fully saturated rings. The van der Waals surface area contributed by atoms with Crippen LogP contribution < -0.4 is 15.8 Å². The topological polar surface area (TPSA) is 86.0 Å². The minimum atomic E-state index is 0.308. The number of para-hydroxylation sites is 1. The van der Waals surface area contributed by atoms with Crippen LogP contribution in [0.5, 0.6) is 11.6 Å². The monoisotopic (exact) mass is 371 g/mol. The Bertz CT molecular complexity index is 1100. The number of nitrogens with zero attached hydrogens (tertiary/aromatic N) is 3. The van der Waals surface area contributed by atoms with Crippen LogP contribution in [0.3, 0.4) is 0 Å². The Morgan fingerprint density at radius 3 is 2.50 bits per heavy atom. The Balaban J connectivity index is 1.61. The van der Waals surface area contributed by atoms with Crippen LogP contribution in [0.25, 0.3) is 10.9 Å². The zero-order valence-corrected chi connectivity index (χ0v) is 15.8. The third-order valence-electron chi connectivity index (χ3n) is 4.49. The van der Waals surface area contributed by atoms with E-state index >= 15 is 0 Å². The number of ether oxygens (including phenoxy) is 1. The number of nitrogens with two attached hydrogens (primary N) is 1. The summed E-state index contributed by atoms with van der Waals surface area (Å²) >= 11 is 0. The predicted octanol–water partition coefficient (Wildman–Crippen LogP) is 5.27. The molecule has 0 unspecified atom stereocenters. The van der Waals surface area contributed by atoms with Crippen molar-refractivity contribution in [2.75, 3.05) is 11.1 Å². The molecule has 140 valence electrons. The molecule has 2 aromatic heterocycles. The highest BCUT2D eigenvalue weighted by Gasteiger charge is 2.12. The van der Waals surface area contributed by atoms with Gasteiger partial charge in [0.05, 0.1) is 11.2 Å². The SMILES string of the molecule is CC(C)c1ccc(Oc2ncnc(Nc3cccc4cccnc34)c2N)cc1. The number of benzene rings is 2. The molecule has 0 saturated carbocycles. The number of rotatable bonds is 5. The molecule has 0 saturated heterocycles. The van der Waals surface area contributed by atoms with Crippen LogP contribution in [0.15, 0.2) is 67.1 Å². The number of hydrogen-bond acceptors (Lipinski definition) is 6. The van der Waals surface area contributed by atoms with Crippen LogP contribution in [0.4, 0.5) is 17.2 Å². The minimum Gasteiger partial charge on any atom is -0.437 e. The molecule has 28 heavy (non-hydrogen) atoms. The molecule has 2 heterocycles. The summed E-state index contributed by atoms with van der Waals surface area (Å²) in [5, 5.41) is 4.28. The Morgan fingerprint density at radius 1 is 0.929 bits per heavy atom. The van der Waals surface area contributed by atoms with Crippen molar-refractivity contribution in [2.24, 2.45) is 0 Å². The van der Waals surface area contributed by atoms with E-state index < -0.39 is 0 Å². The van der Waals surface area contributed by atoms with E-state index in [4.69, 9.17) is 10.5 Å². The van der Waals surface area contributed by atoms with Gasteiger partial charge < -0.3 is 15.8 Å². The zero-order chi connectivity index (χ0) is 19.5. The molecule has 0 radical (unpaired) electrons. The summed E-state index contributed by atoms with van der Waals surface area (Å²) in [5.74, 6) is 1.92. The van der Waals surface area contributed by atoms with Gasteiger partial charge in [0, 0.05) is 11.6 Å². The average Bonchev–Trinajstić information content (AvgIpc) is 2.71. The minimum absolute atomic E-state index is 0.308. The summed E-state index contributed by atoms with van der Waals surface area (Å²) < 4.78 is 5.88. The fraction of sp³-hybridized carbons (Fsp3) is 0.136. The molecule has 3 N–H and O–H groups in total. The Labute approximate surface area is 163 Å². The first-order chi connectivity index (χ1) is 13.6. The van der Waals surface area contributed by atoms with E-state index in [0.29, 0.717) is 29.1 Å². The molecule has 0 atom stereocenters. The molecule has 6 heteroatoms. The van der Waals surface area contributed by atoms with E-state index in [1.165, 1.54) is 11.9 Å². The molecule has 2 aromatic carbocycles. The van der Waals surface area contributed by atoms with Crippen molar-refractivity contribution >= 4 is 28.1 Å². The van der Waals surface area contributed by atoms with E-state index in [2.05, 4.69) is 34.1 Å². The van der Waals surface area contributed by atoms with E-state index in [-0.39, 0.29) is 0 Å². The molecule has 0 aliphatic heterocycles. The van der Waals surface area contributed by atoms with Crippen molar-refractivity contribution in [3.63, 3.8) is 0 Å². The summed E-state index contributed by atoms with van der Waals surface area (Å²) in [6.07, 6.45) is 3.18. The molecule has 0 aliphatic carbocycles. The van der Waals surface area contributed by atoms with Gasteiger partial charge in [-0.2, -0.15) is 4.98 Å². The second-order valence-corrected chi connectivity index (χ2v) is 6.77. The first-order valence-corrected chi connectivity index (χ1v) is 9.11. The summed E-state index contributed by atoms with van der Waals surface area (Å²) in [4.78, 5) is 12.9. The van der Waals surface area contributed by atoms with E-state index in [9.17, 15) is 0 Å². The summed E-state index contributed by atoms with van der Waals surface area (Å²) in [6.45, 7) is 4.30. The first kappa shape index (κ1) is 17.7. The lowest BCUT2D eigenvalue weighted by atomic mass is 10.0. The number of fused-ring (bicyclic) bond motifs is 1. The number of aromatic nitrogens is 3. The van der Waals surface area contributed by atoms with Crippen molar-refractivity contribution in [2.45, 2.75) is 19.8 Å². The van der Waals surface area contributed by atoms with Gasteiger partial charge in [-0.05, 0) is 35.7 Å². The first-order valence-electron chi connectivity index (χ1n) is 9.11. The van der Waals surface area contributed by atoms with Crippen molar-refractivity contribution in [3.05, 3.63) is 72.7 Å². The van der Waals surface area contributed by atoms with Crippen molar-refractivity contribution < 1.29 is 4.74 Å². The number of hydrogen-bond donors (Lipinski definition) is 2. The van der Waals surface area contributed by atoms with Gasteiger partial charge >= 0.3 is 0 Å². The average molecular weight is 371 g/mol. The number of anilines is 3. The van der Waals surface area contributed by atoms with E-state index in [0.717, 1.165) is 16.6 Å². The molecule has 0 bridgehead atoms. The molecule has 0 aliphatic rings. The molecule has 4 aromatic rings. The maximum Gasteiger partial charge on any atom is 0.248 e. The van der Waals surface area contributed by atoms with E-state index in [1.807, 2.05) is 54.6 Å². The molecular weight excluding hydrogens is 350 g/mol. The number of nitrogen functional groups attached to an aromatic ring is 1. The highest BCUT2D eigenvalue weighted by atomic mass is 16.5. The molecule has 4 rings (SSSR count). The van der Waals surface area contributed by atoms with Crippen LogP contribution in [-0.4, -0.2) is 15.0 Å². The highest BCUT2D eigenvalue weighted by molar-refractivity contribution is 5.92. The van der Waals surface area contributed by atoms with Crippen LogP contribution in [0, 0.1) is 0 Å². The smallest absolute Gasteiger partial charge is 0.248 e. The molecule has 0 amide bonds. The summed E-state index contributed by atoms with van der Waals surface area (Å²) in [5.41, 5.74) is 9.51. The largest absolute Gasteiger partial charge is 0.437 e. The van der Waals surface area contributed by atoms with Crippen molar-refractivity contribution in [3.8, 4) is 11.6 Å². The fourth-order valence-electron chi connectivity index (χ4n) is 2.93. The van der Waals surface area contributed by atoms with Gasteiger partial charge in [-0.15, -0.1) is 0 Å². The highest BCUT2D eigenvalue weighted by Crippen LogP contribution is 2.32. The lowest BCUT2D eigenvalue weighted by Crippen LogP contribution is -2.03. The van der Waals surface area contributed by atoms with Crippen LogP contribution in [-0.2, 0) is 0 Å². The van der Waals surface area contributed by atoms with Gasteiger partial charge in [0.25, 0.3) is 0 Å². The third kappa shape index (κ3) is 3.57. The second-order valence-electron chi connectivity index (χ2n) is 6.77. The van der Waals surface area contributed by atoms with Gasteiger partial charge in [0.15, 0.2) is 5.82 Å². The zero-order valence-electron chi connectivity index (χ0n) is 15.8. The number of nitrogens with one attached hydrogen (secondary N) is 1. The van der Waals surface area contributed by atoms with E-state index in [1.54, 1.807) is 6.20 Å². The Morgan fingerprint density at radius 2 is 1.71 bits per heavy atom. The quantitative estimate of drug-likeness (QED) is 0.497. The lowest BCUT2D eigenvalue weighted by Gasteiger charge is -2.13. The third-order valence-corrected chi connectivity index (χ3v) is 4.49. The predicted molar refractivity (Wildman–Crippen MR) is 112 cm³/mol. The fourth-order valence-corrected chi connectivity index (χ4v) is 2.93. The van der Waals surface area contributed by atoms with Gasteiger partial charge in [-0.1, -0.05) is 44.2 Å². The normalized spacial score (nSPS) is 11.0. The summed E-state index contributed by atoms with van der Waals surface area (Å²) in [7, 11) is 0. The van der Waals surface area contributed by atoms with Gasteiger partial charge in [-0.3, -0.25) is 4.98 Å². The number of pyridine rings is 1. The Hall–Kier alpha value is -3.67. The lowest BCUT2D eigenvalue weighted by molar-refractivity contribution is 0.464. The van der Waals surface area contributed by atoms with Crippen molar-refractivity contribution in [1.82, 2.24) is 15.0 Å². The standard InChI is InChI=1S/C22H21N5O/c1-14(2)15-8-10-17(11-9-15)28-22-19(23)21(25-13-26-22)27-18-7-3-5-16-6-4-12-24-20(16)18/h3-14H,23H2,1-2H3,(H,25,26,27). The van der Waals surface area contributed by atoms with Crippen molar-refractivity contribution in [1.29, 1.82) is 0 Å². The molecule has 6 nitrogen and oxygen atoms in total. The van der Waals surface area contributed by atoms with Gasteiger partial charge in [0.2, 0.25) is 5.88 Å². The Kier molecular flexibility index (Phi) is 4.76. The second kappa shape index (κ2) is 7.52. The maximum absolute atomic E-state index is 6.27. The van der Waals surface area contributed by atoms with Gasteiger partial charge in [-0.25, -0.2) is 4.98 Å². The van der Waals surface area contributed by atoms with Crippen LogP contribution in [0.2, 0.25) is 0 Å². The molecule has 0 spiro atoms. The maximum atomic E-state index is 6.27. The van der Waals surface area contributed by atoms with Gasteiger partial charge in [0.1, 0.15) is 17.8 Å².